The molecule has 21 aliphatic heterocycles. The summed E-state index contributed by atoms with van der Waals surface area (Å²) >= 11 is 0. The molecule has 41 heteroatoms. The molecule has 0 spiro atoms. The maximum absolute atomic E-state index is 14.2. The zero-order valence-corrected chi connectivity index (χ0v) is 43.0. The molecule has 0 aliphatic carbocycles. The summed E-state index contributed by atoms with van der Waals surface area (Å²) in [7, 11) is 0. The molecular formula is C44H64F6O35. The zero-order valence-electron chi connectivity index (χ0n) is 43.0. The average molecular weight is 1270 g/mol. The molecule has 35 nitrogen and oxygen atoms in total. The minimum absolute atomic E-state index is 1.23. The molecule has 0 aromatic carbocycles. The molecule has 0 aromatic rings. The summed E-state index contributed by atoms with van der Waals surface area (Å²) < 4.78 is 161. The van der Waals surface area contributed by atoms with Gasteiger partial charge in [-0.25, -0.2) is 0 Å². The first-order valence-corrected chi connectivity index (χ1v) is 25.8. The Kier molecular flexibility index (Phi) is 21.9. The number of rotatable bonds is 7. The number of Topliss-reactive ketones (excluding diaryl/α,β-unsaturated/α-hetero) is 2. The third-order valence-electron chi connectivity index (χ3n) is 15.3. The number of alkyl halides is 6. The first kappa shape index (κ1) is 68.5. The molecule has 0 amide bonds. The highest BCUT2D eigenvalue weighted by atomic mass is 19.4. The molecule has 14 bridgehead atoms. The van der Waals surface area contributed by atoms with Gasteiger partial charge in [0.2, 0.25) is 0 Å². The van der Waals surface area contributed by atoms with Gasteiger partial charge in [-0.15, -0.1) is 0 Å². The summed E-state index contributed by atoms with van der Waals surface area (Å²) in [6.45, 7) is -6.53. The van der Waals surface area contributed by atoms with Gasteiger partial charge in [0.15, 0.2) is 56.2 Å². The Balaban J connectivity index is 1.13. The van der Waals surface area contributed by atoms with Crippen LogP contribution in [-0.2, 0) is 75.9 Å². The highest BCUT2D eigenvalue weighted by Gasteiger charge is 2.63. The van der Waals surface area contributed by atoms with E-state index in [2.05, 4.69) is 0 Å². The molecule has 21 aliphatic rings. The summed E-state index contributed by atoms with van der Waals surface area (Å²) in [4.78, 5) is 25.9. The number of hydrogen-bond acceptors (Lipinski definition) is 35. The van der Waals surface area contributed by atoms with E-state index in [-0.39, 0.29) is 0 Å². The van der Waals surface area contributed by atoms with Crippen molar-refractivity contribution in [2.24, 2.45) is 0 Å². The standard InChI is InChI=1S/C44H64F6O35/c45-43(46,47)34(70)32-30-17(62)24(69)42(85-32)81-29-10(5-55)74-38(20(65)13(29)58)79-27-8(3-53)76-40(22(67)15(27)60)83-31-16(61)23(68)41(84-33(31)35(71)44(48,49)50)80-28-9(4-54)73-37(19(64)12(28)57)77-25-6(1-51)72-36(18(63)11(25)56)78-26-7(2-52)75-39(82-30)21(66)14(26)59/h6-33,36-42,51-69H,1-5H2/t6-,7-,8-,9-,10-,11-,12-,13-,14-,15-,16-,17-,18-,19-,20-,21-,22-,23-,24-,25-,26-,27-,28-,29-,30+,31+,32+,33+,36-,37-,38-,39-,40-,41+,42+/m1/s1. The van der Waals surface area contributed by atoms with Crippen molar-refractivity contribution in [2.45, 2.75) is 227 Å². The SMILES string of the molecule is O=C([C@H]1O[C@@H]2O[C@H]3[C@H](O)[C@@H](O)[C@@H](O[C@H]4[C@H](O)[C@@H](O)[C@@H](O[C@H]5[C@H](O)[C@@H](O)[C@@H](O[C@H]6[C@H](O)[C@@H](O)[C@@H](O[C@H]7[C@H](O)[C@@H](O)[C@@H](O[C@H]8[C@H](O)[C@@H](O)[C@@H](O[C@H]1[C@H](O)[C@H]2O)O[C@@H]8CO)O[C@@H]7CO)O[C@@H]6C(=O)C(F)(F)F)O[C@@H]5CO)O[C@@H]4CO)O[C@@H]3CO)C(F)(F)F. The highest BCUT2D eigenvalue weighted by Crippen LogP contribution is 2.41. The highest BCUT2D eigenvalue weighted by molar-refractivity contribution is 5.89. The van der Waals surface area contributed by atoms with Gasteiger partial charge in [0.1, 0.15) is 159 Å². The van der Waals surface area contributed by atoms with Crippen molar-refractivity contribution < 1.29 is 199 Å². The van der Waals surface area contributed by atoms with Crippen LogP contribution in [0.4, 0.5) is 26.3 Å². The van der Waals surface area contributed by atoms with E-state index in [1.807, 2.05) is 0 Å². The molecule has 35 atom stereocenters. The first-order chi connectivity index (χ1) is 39.8. The fourth-order valence-electron chi connectivity index (χ4n) is 10.7. The molecule has 492 valence electrons. The van der Waals surface area contributed by atoms with Crippen molar-refractivity contribution in [1.82, 2.24) is 0 Å². The van der Waals surface area contributed by atoms with E-state index in [1.54, 1.807) is 0 Å². The summed E-state index contributed by atoms with van der Waals surface area (Å²) in [6, 6.07) is 0. The van der Waals surface area contributed by atoms with Crippen LogP contribution in [0.1, 0.15) is 0 Å². The van der Waals surface area contributed by atoms with E-state index in [9.17, 15) is 133 Å². The van der Waals surface area contributed by atoms with Gasteiger partial charge < -0.3 is 163 Å². The second kappa shape index (κ2) is 27.2. The van der Waals surface area contributed by atoms with Crippen molar-refractivity contribution in [1.29, 1.82) is 0 Å². The maximum atomic E-state index is 14.2. The lowest BCUT2D eigenvalue weighted by molar-refractivity contribution is -0.394. The largest absolute Gasteiger partial charge is 0.452 e. The number of hydrogen-bond donors (Lipinski definition) is 19. The van der Waals surface area contributed by atoms with Crippen LogP contribution in [0.2, 0.25) is 0 Å². The van der Waals surface area contributed by atoms with Gasteiger partial charge in [0.25, 0.3) is 11.6 Å². The van der Waals surface area contributed by atoms with Gasteiger partial charge in [0.05, 0.1) is 33.0 Å². The third kappa shape index (κ3) is 13.5. The number of aliphatic hydroxyl groups is 19. The Morgan fingerprint density at radius 2 is 0.400 bits per heavy atom. The van der Waals surface area contributed by atoms with Crippen LogP contribution < -0.4 is 0 Å². The molecule has 21 heterocycles. The molecule has 0 aromatic heterocycles. The summed E-state index contributed by atoms with van der Waals surface area (Å²) in [5.41, 5.74) is 0. The molecule has 0 saturated carbocycles. The van der Waals surface area contributed by atoms with Gasteiger partial charge >= 0.3 is 12.4 Å². The Hall–Kier alpha value is -2.40. The fraction of sp³-hybridized carbons (Fsp3) is 0.955. The molecule has 85 heavy (non-hydrogen) atoms. The lowest BCUT2D eigenvalue weighted by Gasteiger charge is -2.50. The minimum Gasteiger partial charge on any atom is -0.394 e. The predicted octanol–water partition coefficient (Wildman–Crippen LogP) is -13.0. The normalized spacial score (nSPS) is 51.6. The van der Waals surface area contributed by atoms with Crippen molar-refractivity contribution in [3.8, 4) is 0 Å². The predicted molar refractivity (Wildman–Crippen MR) is 236 cm³/mol. The molecule has 0 unspecified atom stereocenters. The molecule has 21 rings (SSSR count). The van der Waals surface area contributed by atoms with Gasteiger partial charge in [-0.1, -0.05) is 0 Å². The van der Waals surface area contributed by atoms with Crippen molar-refractivity contribution >= 4 is 11.6 Å². The van der Waals surface area contributed by atoms with E-state index in [0.29, 0.717) is 0 Å². The third-order valence-corrected chi connectivity index (χ3v) is 15.3. The Bertz CT molecular complexity index is 2180. The number of halogens is 6. The van der Waals surface area contributed by atoms with E-state index in [1.165, 1.54) is 0 Å². The maximum Gasteiger partial charge on any atom is 0.452 e. The zero-order chi connectivity index (χ0) is 62.8. The van der Waals surface area contributed by atoms with E-state index < -0.39 is 272 Å². The smallest absolute Gasteiger partial charge is 0.394 e. The second-order valence-corrected chi connectivity index (χ2v) is 20.8. The van der Waals surface area contributed by atoms with Gasteiger partial charge in [-0.3, -0.25) is 9.59 Å². The molecule has 21 fully saturated rings. The van der Waals surface area contributed by atoms with Crippen LogP contribution >= 0.6 is 0 Å². The molecular weight excluding hydrogens is 1200 g/mol. The van der Waals surface area contributed by atoms with E-state index in [0.717, 1.165) is 0 Å². The Morgan fingerprint density at radius 3 is 0.565 bits per heavy atom. The number of carbonyl (C=O) groups is 2. The molecule has 19 N–H and O–H groups in total. The van der Waals surface area contributed by atoms with Gasteiger partial charge in [-0.2, -0.15) is 26.3 Å². The number of aliphatic hydroxyl groups excluding tert-OH is 19. The average Bonchev–Trinajstić information content (AvgIpc) is 1.44. The lowest BCUT2D eigenvalue weighted by Crippen LogP contribution is -2.69. The minimum atomic E-state index is -5.91. The van der Waals surface area contributed by atoms with Gasteiger partial charge in [0, 0.05) is 0 Å². The number of ether oxygens (including phenoxy) is 14. The van der Waals surface area contributed by atoms with Crippen molar-refractivity contribution in [2.75, 3.05) is 33.0 Å². The molecule has 21 saturated heterocycles. The van der Waals surface area contributed by atoms with Gasteiger partial charge in [-0.05, 0) is 0 Å². The number of carbonyl (C=O) groups excluding carboxylic acids is 2. The lowest BCUT2D eigenvalue weighted by atomic mass is 9.93. The monoisotopic (exact) mass is 1270 g/mol. The van der Waals surface area contributed by atoms with Crippen LogP contribution in [0.5, 0.6) is 0 Å². The Labute approximate surface area is 470 Å². The van der Waals surface area contributed by atoms with Crippen molar-refractivity contribution in [3.63, 3.8) is 0 Å². The Morgan fingerprint density at radius 1 is 0.247 bits per heavy atom. The van der Waals surface area contributed by atoms with Crippen LogP contribution in [0, 0.1) is 0 Å². The van der Waals surface area contributed by atoms with Crippen molar-refractivity contribution in [3.05, 3.63) is 0 Å². The topological polar surface area (TPSA) is 548 Å². The number of ketones is 2. The quantitative estimate of drug-likeness (QED) is 0.105. The van der Waals surface area contributed by atoms with Crippen LogP contribution in [-0.4, -0.2) is 369 Å². The van der Waals surface area contributed by atoms with E-state index in [4.69, 9.17) is 66.3 Å². The van der Waals surface area contributed by atoms with Crippen LogP contribution in [0.3, 0.4) is 0 Å². The van der Waals surface area contributed by atoms with Crippen LogP contribution in [0.15, 0.2) is 0 Å². The van der Waals surface area contributed by atoms with Crippen LogP contribution in [0.25, 0.3) is 0 Å². The van der Waals surface area contributed by atoms with E-state index >= 15 is 0 Å². The first-order valence-electron chi connectivity index (χ1n) is 25.8. The summed E-state index contributed by atoms with van der Waals surface area (Å²) in [5, 5.41) is 209. The summed E-state index contributed by atoms with van der Waals surface area (Å²) in [5.74, 6) is -5.82. The summed E-state index contributed by atoms with van der Waals surface area (Å²) in [6.07, 6.45) is -98.8. The fourth-order valence-corrected chi connectivity index (χ4v) is 10.7. The molecule has 0 radical (unpaired) electrons. The second-order valence-electron chi connectivity index (χ2n) is 20.8.